The van der Waals surface area contributed by atoms with Gasteiger partial charge in [0, 0.05) is 38.8 Å². The highest BCUT2D eigenvalue weighted by atomic mass is 15.3. The molecule has 0 saturated carbocycles. The predicted octanol–water partition coefficient (Wildman–Crippen LogP) is 1.24. The molecule has 1 aliphatic heterocycles. The van der Waals surface area contributed by atoms with Crippen LogP contribution in [-0.4, -0.2) is 49.6 Å². The van der Waals surface area contributed by atoms with E-state index in [9.17, 15) is 0 Å². The van der Waals surface area contributed by atoms with Gasteiger partial charge < -0.3 is 10.6 Å². The topological polar surface area (TPSA) is 32.5 Å². The molecule has 0 spiro atoms. The van der Waals surface area contributed by atoms with Crippen LogP contribution in [-0.2, 0) is 0 Å². The molecule has 2 rings (SSSR count). The molecule has 1 atom stereocenters. The Kier molecular flexibility index (Phi) is 4.15. The van der Waals surface area contributed by atoms with Crippen LogP contribution in [0.5, 0.6) is 0 Å². The van der Waals surface area contributed by atoms with E-state index in [0.717, 1.165) is 26.2 Å². The molecule has 1 aromatic carbocycles. The number of rotatable bonds is 3. The zero-order valence-corrected chi connectivity index (χ0v) is 10.9. The lowest BCUT2D eigenvalue weighted by Crippen LogP contribution is -2.47. The van der Waals surface area contributed by atoms with Crippen LogP contribution < -0.4 is 5.73 Å². The van der Waals surface area contributed by atoms with Crippen molar-refractivity contribution in [2.24, 2.45) is 5.73 Å². The van der Waals surface area contributed by atoms with Crippen LogP contribution in [0.25, 0.3) is 0 Å². The molecule has 1 heterocycles. The molecule has 1 unspecified atom stereocenters. The normalized spacial score (nSPS) is 20.4. The van der Waals surface area contributed by atoms with Gasteiger partial charge in [0.1, 0.15) is 0 Å². The second kappa shape index (κ2) is 5.63. The number of benzene rings is 1. The molecular formula is C14H23N3. The van der Waals surface area contributed by atoms with Gasteiger partial charge in [0.05, 0.1) is 0 Å². The van der Waals surface area contributed by atoms with Crippen LogP contribution in [0, 0.1) is 6.92 Å². The second-order valence-electron chi connectivity index (χ2n) is 5.00. The monoisotopic (exact) mass is 233 g/mol. The smallest absolute Gasteiger partial charge is 0.0471 e. The average molecular weight is 233 g/mol. The number of hydrogen-bond acceptors (Lipinski definition) is 3. The molecule has 94 valence electrons. The number of likely N-dealkylation sites (N-methyl/N-ethyl adjacent to an activating group) is 1. The number of nitrogens with two attached hydrogens (primary N) is 1. The Morgan fingerprint density at radius 1 is 1.12 bits per heavy atom. The number of piperazine rings is 1. The molecule has 17 heavy (non-hydrogen) atoms. The van der Waals surface area contributed by atoms with Gasteiger partial charge in [0.2, 0.25) is 0 Å². The van der Waals surface area contributed by atoms with Crippen LogP contribution in [0.2, 0.25) is 0 Å². The first-order chi connectivity index (χ1) is 8.20. The lowest BCUT2D eigenvalue weighted by molar-refractivity contribution is 0.114. The first kappa shape index (κ1) is 12.6. The average Bonchev–Trinajstić information content (AvgIpc) is 2.35. The fourth-order valence-corrected chi connectivity index (χ4v) is 2.42. The van der Waals surface area contributed by atoms with Gasteiger partial charge >= 0.3 is 0 Å². The van der Waals surface area contributed by atoms with Crippen LogP contribution >= 0.6 is 0 Å². The van der Waals surface area contributed by atoms with Gasteiger partial charge in [-0.2, -0.15) is 0 Å². The third-order valence-electron chi connectivity index (χ3n) is 3.66. The van der Waals surface area contributed by atoms with E-state index < -0.39 is 0 Å². The summed E-state index contributed by atoms with van der Waals surface area (Å²) < 4.78 is 0. The summed E-state index contributed by atoms with van der Waals surface area (Å²) in [6, 6.07) is 9.16. The maximum atomic E-state index is 5.95. The van der Waals surface area contributed by atoms with Crippen LogP contribution in [0.3, 0.4) is 0 Å². The molecule has 1 saturated heterocycles. The summed E-state index contributed by atoms with van der Waals surface area (Å²) in [4.78, 5) is 4.88. The Balaban J connectivity index is 2.08. The maximum Gasteiger partial charge on any atom is 0.0471 e. The minimum atomic E-state index is 0.379. The first-order valence-corrected chi connectivity index (χ1v) is 6.40. The summed E-state index contributed by atoms with van der Waals surface area (Å²) in [6.45, 7) is 7.34. The summed E-state index contributed by atoms with van der Waals surface area (Å²) in [6.07, 6.45) is 0. The summed E-state index contributed by atoms with van der Waals surface area (Å²) in [5, 5.41) is 0. The fraction of sp³-hybridized carbons (Fsp3) is 0.571. The van der Waals surface area contributed by atoms with E-state index in [4.69, 9.17) is 5.73 Å². The highest BCUT2D eigenvalue weighted by Gasteiger charge is 2.22. The molecule has 1 aliphatic rings. The maximum absolute atomic E-state index is 5.95. The predicted molar refractivity (Wildman–Crippen MR) is 72.0 cm³/mol. The zero-order chi connectivity index (χ0) is 12.3. The lowest BCUT2D eigenvalue weighted by atomic mass is 10.0. The SMILES string of the molecule is Cc1ccc(C(CN)N2CCN(C)CC2)cc1. The molecule has 0 radical (unpaired) electrons. The molecule has 3 heteroatoms. The van der Waals surface area contributed by atoms with Crippen molar-refractivity contribution in [2.45, 2.75) is 13.0 Å². The molecule has 2 N–H and O–H groups in total. The molecule has 0 aromatic heterocycles. The van der Waals surface area contributed by atoms with Crippen LogP contribution in [0.4, 0.5) is 0 Å². The van der Waals surface area contributed by atoms with Gasteiger partial charge in [-0.1, -0.05) is 29.8 Å². The molecule has 1 aromatic rings. The Labute approximate surface area is 104 Å². The van der Waals surface area contributed by atoms with E-state index in [1.165, 1.54) is 11.1 Å². The third-order valence-corrected chi connectivity index (χ3v) is 3.66. The summed E-state index contributed by atoms with van der Waals surface area (Å²) in [5.41, 5.74) is 8.61. The van der Waals surface area contributed by atoms with Gasteiger partial charge in [0.25, 0.3) is 0 Å². The second-order valence-corrected chi connectivity index (χ2v) is 5.00. The van der Waals surface area contributed by atoms with E-state index >= 15 is 0 Å². The molecule has 0 aliphatic carbocycles. The zero-order valence-electron chi connectivity index (χ0n) is 10.9. The Morgan fingerprint density at radius 2 is 1.71 bits per heavy atom. The van der Waals surface area contributed by atoms with Crippen molar-refractivity contribution in [1.82, 2.24) is 9.80 Å². The standard InChI is InChI=1S/C14H23N3/c1-12-3-5-13(6-4-12)14(11-15)17-9-7-16(2)8-10-17/h3-6,14H,7-11,15H2,1-2H3. The quantitative estimate of drug-likeness (QED) is 0.852. The Morgan fingerprint density at radius 3 is 2.24 bits per heavy atom. The van der Waals surface area contributed by atoms with Crippen molar-refractivity contribution in [1.29, 1.82) is 0 Å². The van der Waals surface area contributed by atoms with Crippen molar-refractivity contribution < 1.29 is 0 Å². The van der Waals surface area contributed by atoms with Crippen LogP contribution in [0.1, 0.15) is 17.2 Å². The van der Waals surface area contributed by atoms with E-state index in [0.29, 0.717) is 12.6 Å². The third kappa shape index (κ3) is 3.06. The molecule has 1 fully saturated rings. The first-order valence-electron chi connectivity index (χ1n) is 6.40. The van der Waals surface area contributed by atoms with E-state index in [-0.39, 0.29) is 0 Å². The molecule has 0 amide bonds. The number of nitrogens with zero attached hydrogens (tertiary/aromatic N) is 2. The lowest BCUT2D eigenvalue weighted by Gasteiger charge is -2.37. The Bertz CT molecular complexity index is 339. The highest BCUT2D eigenvalue weighted by molar-refractivity contribution is 5.24. The van der Waals surface area contributed by atoms with Crippen LogP contribution in [0.15, 0.2) is 24.3 Å². The van der Waals surface area contributed by atoms with Crippen molar-refractivity contribution in [3.8, 4) is 0 Å². The van der Waals surface area contributed by atoms with Crippen molar-refractivity contribution in [3.63, 3.8) is 0 Å². The van der Waals surface area contributed by atoms with Crippen molar-refractivity contribution in [2.75, 3.05) is 39.8 Å². The summed E-state index contributed by atoms with van der Waals surface area (Å²) in [7, 11) is 2.18. The Hall–Kier alpha value is -0.900. The molecular weight excluding hydrogens is 210 g/mol. The van der Waals surface area contributed by atoms with E-state index in [1.54, 1.807) is 0 Å². The fourth-order valence-electron chi connectivity index (χ4n) is 2.42. The largest absolute Gasteiger partial charge is 0.329 e. The minimum Gasteiger partial charge on any atom is -0.329 e. The highest BCUT2D eigenvalue weighted by Crippen LogP contribution is 2.21. The minimum absolute atomic E-state index is 0.379. The van der Waals surface area contributed by atoms with Gasteiger partial charge in [0.15, 0.2) is 0 Å². The van der Waals surface area contributed by atoms with Gasteiger partial charge in [-0.25, -0.2) is 0 Å². The molecule has 3 nitrogen and oxygen atoms in total. The summed E-state index contributed by atoms with van der Waals surface area (Å²) >= 11 is 0. The summed E-state index contributed by atoms with van der Waals surface area (Å²) in [5.74, 6) is 0. The van der Waals surface area contributed by atoms with Crippen molar-refractivity contribution >= 4 is 0 Å². The van der Waals surface area contributed by atoms with Gasteiger partial charge in [-0.05, 0) is 19.5 Å². The van der Waals surface area contributed by atoms with Gasteiger partial charge in [-0.3, -0.25) is 4.90 Å². The number of hydrogen-bond donors (Lipinski definition) is 1. The van der Waals surface area contributed by atoms with E-state index in [1.807, 2.05) is 0 Å². The molecule has 0 bridgehead atoms. The van der Waals surface area contributed by atoms with Gasteiger partial charge in [-0.15, -0.1) is 0 Å². The van der Waals surface area contributed by atoms with E-state index in [2.05, 4.69) is 48.0 Å². The number of aryl methyl sites for hydroxylation is 1. The van der Waals surface area contributed by atoms with Crippen molar-refractivity contribution in [3.05, 3.63) is 35.4 Å².